The minimum absolute atomic E-state index is 0.0363. The van der Waals surface area contributed by atoms with Crippen molar-refractivity contribution in [3.8, 4) is 5.75 Å². The van der Waals surface area contributed by atoms with Gasteiger partial charge in [-0.3, -0.25) is 4.79 Å². The summed E-state index contributed by atoms with van der Waals surface area (Å²) in [5.41, 5.74) is 0.545. The number of ether oxygens (including phenoxy) is 3. The van der Waals surface area contributed by atoms with Gasteiger partial charge in [0.15, 0.2) is 5.78 Å². The van der Waals surface area contributed by atoms with Crippen LogP contribution < -0.4 is 4.74 Å². The van der Waals surface area contributed by atoms with Gasteiger partial charge in [-0.2, -0.15) is 0 Å². The normalized spacial score (nSPS) is 12.2. The fourth-order valence-corrected chi connectivity index (χ4v) is 1.50. The Bertz CT molecular complexity index is 376. The zero-order valence-electron chi connectivity index (χ0n) is 11.1. The van der Waals surface area contributed by atoms with Crippen LogP contribution in [0, 0.1) is 0 Å². The molecule has 0 aliphatic rings. The highest BCUT2D eigenvalue weighted by atomic mass is 16.5. The quantitative estimate of drug-likeness (QED) is 0.666. The number of hydrogen-bond donors (Lipinski definition) is 0. The maximum atomic E-state index is 12.0. The lowest BCUT2D eigenvalue weighted by atomic mass is 10.1. The molecule has 0 radical (unpaired) electrons. The molecule has 1 unspecified atom stereocenters. The smallest absolute Gasteiger partial charge is 0.192 e. The second-order valence-electron chi connectivity index (χ2n) is 3.90. The van der Waals surface area contributed by atoms with Crippen molar-refractivity contribution in [2.75, 3.05) is 26.9 Å². The summed E-state index contributed by atoms with van der Waals surface area (Å²) in [5, 5.41) is 0. The Morgan fingerprint density at radius 1 is 1.33 bits per heavy atom. The van der Waals surface area contributed by atoms with E-state index in [9.17, 15) is 4.79 Å². The van der Waals surface area contributed by atoms with Gasteiger partial charge in [0, 0.05) is 6.61 Å². The molecule has 0 saturated carbocycles. The first-order valence-electron chi connectivity index (χ1n) is 6.04. The number of ketones is 1. The zero-order chi connectivity index (χ0) is 13.4. The van der Waals surface area contributed by atoms with E-state index in [1.54, 1.807) is 25.3 Å². The molecule has 0 saturated heterocycles. The minimum Gasteiger partial charge on any atom is -0.496 e. The van der Waals surface area contributed by atoms with Crippen LogP contribution in [0.25, 0.3) is 0 Å². The SMILES string of the molecule is CCOCC(C)OCC(=O)c1ccccc1OC. The Labute approximate surface area is 108 Å². The van der Waals surface area contributed by atoms with Crippen molar-refractivity contribution in [1.29, 1.82) is 0 Å². The molecule has 1 atom stereocenters. The number of rotatable bonds is 8. The van der Waals surface area contributed by atoms with Crippen molar-refractivity contribution in [2.45, 2.75) is 20.0 Å². The third kappa shape index (κ3) is 4.47. The van der Waals surface area contributed by atoms with Gasteiger partial charge < -0.3 is 14.2 Å². The van der Waals surface area contributed by atoms with Crippen LogP contribution >= 0.6 is 0 Å². The largest absolute Gasteiger partial charge is 0.496 e. The lowest BCUT2D eigenvalue weighted by Gasteiger charge is -2.13. The molecule has 0 aromatic heterocycles. The van der Waals surface area contributed by atoms with E-state index in [0.717, 1.165) is 0 Å². The summed E-state index contributed by atoms with van der Waals surface area (Å²) < 4.78 is 15.8. The van der Waals surface area contributed by atoms with Crippen molar-refractivity contribution >= 4 is 5.78 Å². The molecule has 4 nitrogen and oxygen atoms in total. The summed E-state index contributed by atoms with van der Waals surface area (Å²) in [6.45, 7) is 4.98. The molecule has 0 bridgehead atoms. The summed E-state index contributed by atoms with van der Waals surface area (Å²) in [5.74, 6) is 0.486. The number of carbonyl (C=O) groups is 1. The summed E-state index contributed by atoms with van der Waals surface area (Å²) in [6.07, 6.45) is -0.0939. The molecule has 0 fully saturated rings. The molecular weight excluding hydrogens is 232 g/mol. The van der Waals surface area contributed by atoms with Gasteiger partial charge in [-0.05, 0) is 26.0 Å². The molecule has 1 aromatic rings. The number of Topliss-reactive ketones (excluding diaryl/α,β-unsaturated/α-hetero) is 1. The summed E-state index contributed by atoms with van der Waals surface area (Å²) in [4.78, 5) is 12.0. The van der Waals surface area contributed by atoms with Crippen LogP contribution in [0.15, 0.2) is 24.3 Å². The van der Waals surface area contributed by atoms with Crippen LogP contribution in [0.3, 0.4) is 0 Å². The molecule has 0 amide bonds. The summed E-state index contributed by atoms with van der Waals surface area (Å²) in [7, 11) is 1.55. The van der Waals surface area contributed by atoms with Gasteiger partial charge in [0.05, 0.1) is 25.4 Å². The highest BCUT2D eigenvalue weighted by Gasteiger charge is 2.13. The highest BCUT2D eigenvalue weighted by Crippen LogP contribution is 2.17. The molecule has 0 heterocycles. The van der Waals surface area contributed by atoms with Gasteiger partial charge in [0.2, 0.25) is 0 Å². The molecule has 0 aliphatic carbocycles. The van der Waals surface area contributed by atoms with Crippen LogP contribution in [0.5, 0.6) is 5.75 Å². The van der Waals surface area contributed by atoms with E-state index in [1.165, 1.54) is 0 Å². The van der Waals surface area contributed by atoms with Crippen LogP contribution in [0.2, 0.25) is 0 Å². The third-order valence-corrected chi connectivity index (χ3v) is 2.46. The van der Waals surface area contributed by atoms with Gasteiger partial charge in [-0.25, -0.2) is 0 Å². The van der Waals surface area contributed by atoms with Crippen molar-refractivity contribution in [1.82, 2.24) is 0 Å². The summed E-state index contributed by atoms with van der Waals surface area (Å²) in [6, 6.07) is 7.13. The Morgan fingerprint density at radius 2 is 2.06 bits per heavy atom. The molecule has 4 heteroatoms. The van der Waals surface area contributed by atoms with Crippen molar-refractivity contribution in [2.24, 2.45) is 0 Å². The number of carbonyl (C=O) groups excluding carboxylic acids is 1. The second kappa shape index (κ2) is 7.84. The highest BCUT2D eigenvalue weighted by molar-refractivity contribution is 5.99. The first-order valence-corrected chi connectivity index (χ1v) is 6.04. The number of benzene rings is 1. The Kier molecular flexibility index (Phi) is 6.39. The maximum Gasteiger partial charge on any atom is 0.192 e. The molecule has 0 spiro atoms. The Morgan fingerprint density at radius 3 is 2.72 bits per heavy atom. The van der Waals surface area contributed by atoms with Gasteiger partial charge in [0.25, 0.3) is 0 Å². The van der Waals surface area contributed by atoms with Gasteiger partial charge in [0.1, 0.15) is 12.4 Å². The van der Waals surface area contributed by atoms with Crippen molar-refractivity contribution in [3.05, 3.63) is 29.8 Å². The Hall–Kier alpha value is -1.39. The average molecular weight is 252 g/mol. The van der Waals surface area contributed by atoms with E-state index in [-0.39, 0.29) is 18.5 Å². The zero-order valence-corrected chi connectivity index (χ0v) is 11.1. The molecule has 1 aromatic carbocycles. The third-order valence-electron chi connectivity index (χ3n) is 2.46. The van der Waals surface area contributed by atoms with Crippen molar-refractivity contribution in [3.63, 3.8) is 0 Å². The first-order chi connectivity index (χ1) is 8.69. The predicted octanol–water partition coefficient (Wildman–Crippen LogP) is 2.32. The van der Waals surface area contributed by atoms with Crippen LogP contribution in [-0.2, 0) is 9.47 Å². The molecule has 100 valence electrons. The standard InChI is InChI=1S/C14H20O4/c1-4-17-9-11(2)18-10-13(15)12-7-5-6-8-14(12)16-3/h5-8,11H,4,9-10H2,1-3H3. The number of para-hydroxylation sites is 1. The fourth-order valence-electron chi connectivity index (χ4n) is 1.50. The number of hydrogen-bond acceptors (Lipinski definition) is 4. The monoisotopic (exact) mass is 252 g/mol. The second-order valence-corrected chi connectivity index (χ2v) is 3.90. The average Bonchev–Trinajstić information content (AvgIpc) is 2.42. The van der Waals surface area contributed by atoms with Crippen LogP contribution in [0.1, 0.15) is 24.2 Å². The number of methoxy groups -OCH3 is 1. The lowest BCUT2D eigenvalue weighted by Crippen LogP contribution is -2.20. The molecular formula is C14H20O4. The van der Waals surface area contributed by atoms with E-state index in [2.05, 4.69) is 0 Å². The van der Waals surface area contributed by atoms with Gasteiger partial charge in [-0.15, -0.1) is 0 Å². The molecule has 1 rings (SSSR count). The van der Waals surface area contributed by atoms with E-state index in [4.69, 9.17) is 14.2 Å². The molecule has 0 aliphatic heterocycles. The molecule has 18 heavy (non-hydrogen) atoms. The van der Waals surface area contributed by atoms with E-state index in [1.807, 2.05) is 19.9 Å². The molecule has 0 N–H and O–H groups in total. The predicted molar refractivity (Wildman–Crippen MR) is 69.2 cm³/mol. The van der Waals surface area contributed by atoms with Crippen LogP contribution in [-0.4, -0.2) is 38.8 Å². The minimum atomic E-state index is -0.0939. The Balaban J connectivity index is 2.50. The van der Waals surface area contributed by atoms with Gasteiger partial charge in [-0.1, -0.05) is 12.1 Å². The van der Waals surface area contributed by atoms with Crippen LogP contribution in [0.4, 0.5) is 0 Å². The van der Waals surface area contributed by atoms with E-state index in [0.29, 0.717) is 24.5 Å². The summed E-state index contributed by atoms with van der Waals surface area (Å²) >= 11 is 0. The van der Waals surface area contributed by atoms with E-state index >= 15 is 0 Å². The maximum absolute atomic E-state index is 12.0. The van der Waals surface area contributed by atoms with Gasteiger partial charge >= 0.3 is 0 Å². The fraction of sp³-hybridized carbons (Fsp3) is 0.500. The van der Waals surface area contributed by atoms with Crippen molar-refractivity contribution < 1.29 is 19.0 Å². The van der Waals surface area contributed by atoms with E-state index < -0.39 is 0 Å². The topological polar surface area (TPSA) is 44.8 Å². The lowest BCUT2D eigenvalue weighted by molar-refractivity contribution is 0.00109. The first kappa shape index (κ1) is 14.7.